The lowest BCUT2D eigenvalue weighted by Crippen LogP contribution is -2.27. The normalized spacial score (nSPS) is 10.7. The summed E-state index contributed by atoms with van der Waals surface area (Å²) in [5.41, 5.74) is 0. The summed E-state index contributed by atoms with van der Waals surface area (Å²) in [4.78, 5) is 6.33. The first kappa shape index (κ1) is 11.7. The molecule has 17 heavy (non-hydrogen) atoms. The molecule has 0 atom stereocenters. The summed E-state index contributed by atoms with van der Waals surface area (Å²) >= 11 is 0. The molecule has 0 radical (unpaired) electrons. The maximum Gasteiger partial charge on any atom is 0.136 e. The third-order valence-corrected chi connectivity index (χ3v) is 2.78. The van der Waals surface area contributed by atoms with E-state index in [-0.39, 0.29) is 12.4 Å². The van der Waals surface area contributed by atoms with Crippen molar-refractivity contribution in [3.8, 4) is 5.75 Å². The maximum absolute atomic E-state index is 9.54. The number of anilines is 1. The zero-order valence-corrected chi connectivity index (χ0v) is 9.80. The van der Waals surface area contributed by atoms with Crippen molar-refractivity contribution in [3.63, 3.8) is 0 Å². The molecule has 4 nitrogen and oxygen atoms in total. The van der Waals surface area contributed by atoms with Gasteiger partial charge in [-0.2, -0.15) is 0 Å². The summed E-state index contributed by atoms with van der Waals surface area (Å²) in [5.74, 6) is 1.03. The van der Waals surface area contributed by atoms with E-state index >= 15 is 0 Å². The van der Waals surface area contributed by atoms with Gasteiger partial charge in [0.2, 0.25) is 0 Å². The molecule has 0 spiro atoms. The standard InChI is InChI=1S/C13H16N2O2/c1-2-15(7-8-16)13-12-9-11(17)4-3-10(12)5-6-14-13/h3-6,9,16-17H,2,7-8H2,1H3. The highest BCUT2D eigenvalue weighted by Gasteiger charge is 2.09. The van der Waals surface area contributed by atoms with Crippen LogP contribution in [-0.4, -0.2) is 34.9 Å². The number of aromatic hydroxyl groups is 1. The molecule has 1 aromatic heterocycles. The molecule has 0 saturated carbocycles. The van der Waals surface area contributed by atoms with Crippen LogP contribution in [-0.2, 0) is 0 Å². The van der Waals surface area contributed by atoms with Crippen LogP contribution >= 0.6 is 0 Å². The summed E-state index contributed by atoms with van der Waals surface area (Å²) in [6.07, 6.45) is 1.74. The van der Waals surface area contributed by atoms with Gasteiger partial charge in [-0.15, -0.1) is 0 Å². The predicted molar refractivity (Wildman–Crippen MR) is 68.4 cm³/mol. The highest BCUT2D eigenvalue weighted by atomic mass is 16.3. The third kappa shape index (κ3) is 2.31. The molecule has 0 unspecified atom stereocenters. The maximum atomic E-state index is 9.54. The van der Waals surface area contributed by atoms with Gasteiger partial charge >= 0.3 is 0 Å². The van der Waals surface area contributed by atoms with Crippen LogP contribution in [0, 0.1) is 0 Å². The summed E-state index contributed by atoms with van der Waals surface area (Å²) < 4.78 is 0. The molecule has 1 aromatic carbocycles. The molecule has 90 valence electrons. The number of pyridine rings is 1. The number of aliphatic hydroxyl groups is 1. The third-order valence-electron chi connectivity index (χ3n) is 2.78. The number of benzene rings is 1. The van der Waals surface area contributed by atoms with E-state index in [9.17, 15) is 5.11 Å². The van der Waals surface area contributed by atoms with Crippen LogP contribution in [0.15, 0.2) is 30.5 Å². The molecule has 1 heterocycles. The predicted octanol–water partition coefficient (Wildman–Crippen LogP) is 1.76. The molecule has 4 heteroatoms. The molecule has 0 aliphatic carbocycles. The molecular formula is C13H16N2O2. The van der Waals surface area contributed by atoms with Gasteiger partial charge in [0.05, 0.1) is 6.61 Å². The number of likely N-dealkylation sites (N-methyl/N-ethyl adjacent to an activating group) is 1. The van der Waals surface area contributed by atoms with Crippen molar-refractivity contribution in [2.45, 2.75) is 6.92 Å². The Hall–Kier alpha value is -1.81. The first-order valence-corrected chi connectivity index (χ1v) is 5.69. The molecule has 0 bridgehead atoms. The Morgan fingerprint density at radius 2 is 2.12 bits per heavy atom. The van der Waals surface area contributed by atoms with Gasteiger partial charge < -0.3 is 15.1 Å². The van der Waals surface area contributed by atoms with Crippen molar-refractivity contribution in [1.82, 2.24) is 4.98 Å². The van der Waals surface area contributed by atoms with E-state index in [2.05, 4.69) is 4.98 Å². The van der Waals surface area contributed by atoms with E-state index in [0.29, 0.717) is 6.54 Å². The van der Waals surface area contributed by atoms with Crippen LogP contribution in [0.4, 0.5) is 5.82 Å². The topological polar surface area (TPSA) is 56.6 Å². The number of aromatic nitrogens is 1. The fraction of sp³-hybridized carbons (Fsp3) is 0.308. The van der Waals surface area contributed by atoms with E-state index in [1.807, 2.05) is 24.0 Å². The van der Waals surface area contributed by atoms with Crippen molar-refractivity contribution in [1.29, 1.82) is 0 Å². The van der Waals surface area contributed by atoms with Gasteiger partial charge in [-0.25, -0.2) is 4.98 Å². The molecule has 2 aromatic rings. The Balaban J connectivity index is 2.55. The summed E-state index contributed by atoms with van der Waals surface area (Å²) in [6, 6.07) is 7.14. The van der Waals surface area contributed by atoms with Gasteiger partial charge in [0.1, 0.15) is 11.6 Å². The minimum atomic E-state index is 0.0880. The summed E-state index contributed by atoms with van der Waals surface area (Å²) in [5, 5.41) is 20.5. The summed E-state index contributed by atoms with van der Waals surface area (Å²) in [6.45, 7) is 3.41. The minimum absolute atomic E-state index is 0.0880. The zero-order chi connectivity index (χ0) is 12.3. The highest BCUT2D eigenvalue weighted by molar-refractivity contribution is 5.93. The quantitative estimate of drug-likeness (QED) is 0.843. The van der Waals surface area contributed by atoms with Crippen LogP contribution in [0.5, 0.6) is 5.75 Å². The second kappa shape index (κ2) is 5.01. The second-order valence-electron chi connectivity index (χ2n) is 3.84. The molecule has 0 aliphatic rings. The van der Waals surface area contributed by atoms with Crippen LogP contribution in [0.1, 0.15) is 6.92 Å². The Bertz CT molecular complexity index is 514. The van der Waals surface area contributed by atoms with E-state index in [1.54, 1.807) is 18.3 Å². The molecule has 0 saturated heterocycles. The van der Waals surface area contributed by atoms with Crippen molar-refractivity contribution in [3.05, 3.63) is 30.5 Å². The second-order valence-corrected chi connectivity index (χ2v) is 3.84. The first-order valence-electron chi connectivity index (χ1n) is 5.69. The SMILES string of the molecule is CCN(CCO)c1nccc2ccc(O)cc12. The van der Waals surface area contributed by atoms with Crippen molar-refractivity contribution in [2.24, 2.45) is 0 Å². The van der Waals surface area contributed by atoms with Gasteiger partial charge in [0.15, 0.2) is 0 Å². The number of phenolic OH excluding ortho intramolecular Hbond substituents is 1. The van der Waals surface area contributed by atoms with Crippen LogP contribution in [0.2, 0.25) is 0 Å². The molecular weight excluding hydrogens is 216 g/mol. The lowest BCUT2D eigenvalue weighted by Gasteiger charge is -2.22. The van der Waals surface area contributed by atoms with E-state index in [4.69, 9.17) is 5.11 Å². The van der Waals surface area contributed by atoms with E-state index in [1.165, 1.54) is 0 Å². The highest BCUT2D eigenvalue weighted by Crippen LogP contribution is 2.27. The molecule has 0 aliphatic heterocycles. The Morgan fingerprint density at radius 3 is 2.82 bits per heavy atom. The smallest absolute Gasteiger partial charge is 0.136 e. The fourth-order valence-electron chi connectivity index (χ4n) is 1.93. The fourth-order valence-corrected chi connectivity index (χ4v) is 1.93. The van der Waals surface area contributed by atoms with Gasteiger partial charge in [-0.3, -0.25) is 0 Å². The molecule has 0 amide bonds. The average Bonchev–Trinajstić information content (AvgIpc) is 2.35. The van der Waals surface area contributed by atoms with Crippen molar-refractivity contribution < 1.29 is 10.2 Å². The number of hydrogen-bond donors (Lipinski definition) is 2. The van der Waals surface area contributed by atoms with Gasteiger partial charge in [0.25, 0.3) is 0 Å². The number of nitrogens with zero attached hydrogens (tertiary/aromatic N) is 2. The Kier molecular flexibility index (Phi) is 3.44. The monoisotopic (exact) mass is 232 g/mol. The van der Waals surface area contributed by atoms with Crippen LogP contribution < -0.4 is 4.90 Å². The van der Waals surface area contributed by atoms with Gasteiger partial charge in [0, 0.05) is 24.7 Å². The molecule has 0 fully saturated rings. The van der Waals surface area contributed by atoms with Crippen LogP contribution in [0.3, 0.4) is 0 Å². The lowest BCUT2D eigenvalue weighted by atomic mass is 10.1. The van der Waals surface area contributed by atoms with Gasteiger partial charge in [-0.05, 0) is 30.5 Å². The number of hydrogen-bond acceptors (Lipinski definition) is 4. The Labute approximate surface area is 100 Å². The number of aliphatic hydroxyl groups excluding tert-OH is 1. The van der Waals surface area contributed by atoms with E-state index in [0.717, 1.165) is 23.1 Å². The number of fused-ring (bicyclic) bond motifs is 1. The summed E-state index contributed by atoms with van der Waals surface area (Å²) in [7, 11) is 0. The zero-order valence-electron chi connectivity index (χ0n) is 9.80. The number of rotatable bonds is 4. The first-order chi connectivity index (χ1) is 8.26. The molecule has 2 rings (SSSR count). The van der Waals surface area contributed by atoms with Gasteiger partial charge in [-0.1, -0.05) is 6.07 Å². The van der Waals surface area contributed by atoms with Crippen molar-refractivity contribution >= 4 is 16.6 Å². The number of phenols is 1. The lowest BCUT2D eigenvalue weighted by molar-refractivity contribution is 0.302. The van der Waals surface area contributed by atoms with E-state index < -0.39 is 0 Å². The largest absolute Gasteiger partial charge is 0.508 e. The van der Waals surface area contributed by atoms with Crippen LogP contribution in [0.25, 0.3) is 10.8 Å². The molecule has 2 N–H and O–H groups in total. The Morgan fingerprint density at radius 1 is 1.29 bits per heavy atom. The minimum Gasteiger partial charge on any atom is -0.508 e. The van der Waals surface area contributed by atoms with Crippen molar-refractivity contribution in [2.75, 3.05) is 24.6 Å². The average molecular weight is 232 g/mol.